The van der Waals surface area contributed by atoms with Crippen LogP contribution in [0.15, 0.2) is 35.9 Å². The number of nitrogens with zero attached hydrogens (tertiary/aromatic N) is 4. The molecule has 8 heteroatoms. The molecule has 0 N–H and O–H groups in total. The number of hydrogen-bond acceptors (Lipinski definition) is 6. The van der Waals surface area contributed by atoms with E-state index in [4.69, 9.17) is 9.47 Å². The van der Waals surface area contributed by atoms with Crippen LogP contribution in [0.2, 0.25) is 0 Å². The predicted octanol–water partition coefficient (Wildman–Crippen LogP) is 2.03. The van der Waals surface area contributed by atoms with Crippen LogP contribution in [-0.2, 0) is 19.1 Å². The van der Waals surface area contributed by atoms with Crippen molar-refractivity contribution in [1.29, 1.82) is 0 Å². The first kappa shape index (κ1) is 21.5. The van der Waals surface area contributed by atoms with Crippen LogP contribution in [0, 0.1) is 5.92 Å². The number of pyridine rings is 1. The standard InChI is InChI=1S/C23H32N4O4/c1-18-22(31-16-15-30-18)23(29)27-10-4-5-19(17-27)7-8-21(28)26-13-11-25(12-14-26)20-6-2-3-9-24-20/h2-3,6,9,19H,4-5,7-8,10-17H2,1H3. The molecule has 0 aromatic carbocycles. The molecule has 2 saturated heterocycles. The monoisotopic (exact) mass is 428 g/mol. The van der Waals surface area contributed by atoms with Crippen LogP contribution in [0.5, 0.6) is 0 Å². The number of carbonyl (C=O) groups is 2. The largest absolute Gasteiger partial charge is 0.491 e. The highest BCUT2D eigenvalue weighted by Crippen LogP contribution is 2.25. The van der Waals surface area contributed by atoms with Gasteiger partial charge >= 0.3 is 0 Å². The molecule has 0 saturated carbocycles. The summed E-state index contributed by atoms with van der Waals surface area (Å²) in [5.41, 5.74) is 0. The molecule has 31 heavy (non-hydrogen) atoms. The number of amides is 2. The summed E-state index contributed by atoms with van der Waals surface area (Å²) in [6.07, 6.45) is 5.17. The van der Waals surface area contributed by atoms with E-state index in [2.05, 4.69) is 9.88 Å². The van der Waals surface area contributed by atoms with Gasteiger partial charge in [-0.25, -0.2) is 4.98 Å². The first-order chi connectivity index (χ1) is 15.1. The molecule has 0 radical (unpaired) electrons. The van der Waals surface area contributed by atoms with Gasteiger partial charge < -0.3 is 24.2 Å². The molecule has 1 aromatic rings. The lowest BCUT2D eigenvalue weighted by Crippen LogP contribution is -2.49. The summed E-state index contributed by atoms with van der Waals surface area (Å²) in [4.78, 5) is 36.0. The van der Waals surface area contributed by atoms with Crippen molar-refractivity contribution in [3.05, 3.63) is 35.9 Å². The van der Waals surface area contributed by atoms with Gasteiger partial charge in [-0.05, 0) is 44.2 Å². The zero-order chi connectivity index (χ0) is 21.6. The quantitative estimate of drug-likeness (QED) is 0.714. The van der Waals surface area contributed by atoms with Gasteiger partial charge in [0, 0.05) is 51.9 Å². The average molecular weight is 429 g/mol. The molecule has 0 bridgehead atoms. The Balaban J connectivity index is 1.23. The maximum atomic E-state index is 12.8. The van der Waals surface area contributed by atoms with Crippen molar-refractivity contribution in [3.8, 4) is 0 Å². The minimum Gasteiger partial charge on any atom is -0.491 e. The van der Waals surface area contributed by atoms with Gasteiger partial charge in [0.05, 0.1) is 0 Å². The zero-order valence-corrected chi connectivity index (χ0v) is 18.3. The molecular weight excluding hydrogens is 396 g/mol. The molecular formula is C23H32N4O4. The highest BCUT2D eigenvalue weighted by Gasteiger charge is 2.30. The van der Waals surface area contributed by atoms with Crippen LogP contribution < -0.4 is 4.90 Å². The molecule has 3 aliphatic rings. The minimum atomic E-state index is -0.0844. The van der Waals surface area contributed by atoms with E-state index in [1.54, 1.807) is 13.1 Å². The summed E-state index contributed by atoms with van der Waals surface area (Å²) in [7, 11) is 0. The topological polar surface area (TPSA) is 75.2 Å². The predicted molar refractivity (Wildman–Crippen MR) is 116 cm³/mol. The number of likely N-dealkylation sites (tertiary alicyclic amines) is 1. The highest BCUT2D eigenvalue weighted by molar-refractivity contribution is 5.92. The summed E-state index contributed by atoms with van der Waals surface area (Å²) < 4.78 is 11.0. The van der Waals surface area contributed by atoms with Crippen LogP contribution in [0.4, 0.5) is 5.82 Å². The van der Waals surface area contributed by atoms with Gasteiger partial charge in [-0.2, -0.15) is 0 Å². The van der Waals surface area contributed by atoms with E-state index >= 15 is 0 Å². The summed E-state index contributed by atoms with van der Waals surface area (Å²) in [5.74, 6) is 2.36. The van der Waals surface area contributed by atoms with Gasteiger partial charge in [0.1, 0.15) is 24.8 Å². The van der Waals surface area contributed by atoms with E-state index in [0.29, 0.717) is 43.6 Å². The molecule has 2 amide bonds. The molecule has 3 aliphatic heterocycles. The summed E-state index contributed by atoms with van der Waals surface area (Å²) in [6, 6.07) is 5.91. The molecule has 1 atom stereocenters. The Morgan fingerprint density at radius 1 is 1.06 bits per heavy atom. The van der Waals surface area contributed by atoms with Crippen molar-refractivity contribution in [3.63, 3.8) is 0 Å². The lowest BCUT2D eigenvalue weighted by molar-refractivity contribution is -0.134. The molecule has 1 unspecified atom stereocenters. The SMILES string of the molecule is CC1=C(C(=O)N2CCCC(CCC(=O)N3CCN(c4ccccn4)CC3)C2)OCCO1. The second-order valence-electron chi connectivity index (χ2n) is 8.44. The number of piperazine rings is 1. The van der Waals surface area contributed by atoms with Crippen LogP contribution in [0.1, 0.15) is 32.6 Å². The molecule has 8 nitrogen and oxygen atoms in total. The number of anilines is 1. The first-order valence-electron chi connectivity index (χ1n) is 11.3. The van der Waals surface area contributed by atoms with E-state index < -0.39 is 0 Å². The average Bonchev–Trinajstić information content (AvgIpc) is 2.83. The van der Waals surface area contributed by atoms with Crippen molar-refractivity contribution in [2.45, 2.75) is 32.6 Å². The van der Waals surface area contributed by atoms with E-state index in [0.717, 1.165) is 57.8 Å². The van der Waals surface area contributed by atoms with Crippen LogP contribution in [-0.4, -0.2) is 79.1 Å². The van der Waals surface area contributed by atoms with Crippen molar-refractivity contribution in [1.82, 2.24) is 14.8 Å². The second-order valence-corrected chi connectivity index (χ2v) is 8.44. The van der Waals surface area contributed by atoms with E-state index in [9.17, 15) is 9.59 Å². The lowest BCUT2D eigenvalue weighted by atomic mass is 9.93. The van der Waals surface area contributed by atoms with Crippen molar-refractivity contribution in [2.24, 2.45) is 5.92 Å². The number of carbonyl (C=O) groups excluding carboxylic acids is 2. The third-order valence-corrected chi connectivity index (χ3v) is 6.34. The Morgan fingerprint density at radius 3 is 2.61 bits per heavy atom. The number of allylic oxidation sites excluding steroid dienone is 1. The Hall–Kier alpha value is -2.77. The molecule has 2 fully saturated rings. The fourth-order valence-electron chi connectivity index (χ4n) is 4.56. The maximum Gasteiger partial charge on any atom is 0.292 e. The molecule has 0 aliphatic carbocycles. The van der Waals surface area contributed by atoms with Gasteiger partial charge in [0.2, 0.25) is 11.7 Å². The smallest absolute Gasteiger partial charge is 0.292 e. The van der Waals surface area contributed by atoms with Gasteiger partial charge in [0.25, 0.3) is 5.91 Å². The summed E-state index contributed by atoms with van der Waals surface area (Å²) in [5, 5.41) is 0. The third-order valence-electron chi connectivity index (χ3n) is 6.34. The van der Waals surface area contributed by atoms with Gasteiger partial charge in [-0.3, -0.25) is 9.59 Å². The lowest BCUT2D eigenvalue weighted by Gasteiger charge is -2.36. The number of piperidine rings is 1. The third kappa shape index (κ3) is 5.29. The van der Waals surface area contributed by atoms with Gasteiger partial charge in [0.15, 0.2) is 0 Å². The van der Waals surface area contributed by atoms with Crippen LogP contribution in [0.25, 0.3) is 0 Å². The van der Waals surface area contributed by atoms with Gasteiger partial charge in [-0.15, -0.1) is 0 Å². The second kappa shape index (κ2) is 10.0. The highest BCUT2D eigenvalue weighted by atomic mass is 16.6. The first-order valence-corrected chi connectivity index (χ1v) is 11.3. The molecule has 4 heterocycles. The van der Waals surface area contributed by atoms with E-state index in [1.807, 2.05) is 28.0 Å². The van der Waals surface area contributed by atoms with Crippen LogP contribution >= 0.6 is 0 Å². The fourth-order valence-corrected chi connectivity index (χ4v) is 4.56. The fraction of sp³-hybridized carbons (Fsp3) is 0.609. The Bertz CT molecular complexity index is 805. The number of hydrogen-bond donors (Lipinski definition) is 0. The Kier molecular flexibility index (Phi) is 6.94. The number of rotatable bonds is 5. The Morgan fingerprint density at radius 2 is 1.87 bits per heavy atom. The maximum absolute atomic E-state index is 12.8. The molecule has 1 aromatic heterocycles. The summed E-state index contributed by atoms with van der Waals surface area (Å²) >= 11 is 0. The number of ether oxygens (including phenoxy) is 2. The van der Waals surface area contributed by atoms with E-state index in [-0.39, 0.29) is 11.8 Å². The normalized spacial score (nSPS) is 22.1. The zero-order valence-electron chi connectivity index (χ0n) is 18.3. The van der Waals surface area contributed by atoms with Crippen molar-refractivity contribution < 1.29 is 19.1 Å². The summed E-state index contributed by atoms with van der Waals surface area (Å²) in [6.45, 7) is 7.18. The molecule has 0 spiro atoms. The van der Waals surface area contributed by atoms with Crippen molar-refractivity contribution in [2.75, 3.05) is 57.4 Å². The van der Waals surface area contributed by atoms with Crippen LogP contribution in [0.3, 0.4) is 0 Å². The van der Waals surface area contributed by atoms with Crippen molar-refractivity contribution >= 4 is 17.6 Å². The number of aromatic nitrogens is 1. The molecule has 168 valence electrons. The Labute approximate surface area is 183 Å². The van der Waals surface area contributed by atoms with Gasteiger partial charge in [-0.1, -0.05) is 6.07 Å². The minimum absolute atomic E-state index is 0.0844. The molecule has 4 rings (SSSR count). The van der Waals surface area contributed by atoms with E-state index in [1.165, 1.54) is 0 Å².